The summed E-state index contributed by atoms with van der Waals surface area (Å²) in [4.78, 5) is 0. The quantitative estimate of drug-likeness (QED) is 0.870. The standard InChI is InChI=1S/C12H14BrN3/c1-16-10-6-2-4-8(9-5-3-7-14-9)11(10)12(13)15-16/h2,4,6,9,14H,3,5,7H2,1H3. The Morgan fingerprint density at radius 2 is 2.38 bits per heavy atom. The number of aryl methyl sites for hydroxylation is 1. The van der Waals surface area contributed by atoms with Crippen LogP contribution in [0.2, 0.25) is 0 Å². The van der Waals surface area contributed by atoms with Crippen molar-refractivity contribution in [1.82, 2.24) is 15.1 Å². The molecule has 1 atom stereocenters. The summed E-state index contributed by atoms with van der Waals surface area (Å²) in [6, 6.07) is 6.93. The second kappa shape index (κ2) is 3.86. The fourth-order valence-electron chi connectivity index (χ4n) is 2.53. The number of hydrogen-bond acceptors (Lipinski definition) is 2. The number of fused-ring (bicyclic) bond motifs is 1. The van der Waals surface area contributed by atoms with Gasteiger partial charge in [-0.25, -0.2) is 0 Å². The van der Waals surface area contributed by atoms with E-state index in [1.165, 1.54) is 29.3 Å². The van der Waals surface area contributed by atoms with Crippen LogP contribution >= 0.6 is 15.9 Å². The van der Waals surface area contributed by atoms with Crippen LogP contribution < -0.4 is 5.32 Å². The third-order valence-electron chi connectivity index (χ3n) is 3.30. The number of rotatable bonds is 1. The molecule has 1 aromatic carbocycles. The molecular weight excluding hydrogens is 266 g/mol. The summed E-state index contributed by atoms with van der Waals surface area (Å²) in [7, 11) is 1.99. The second-order valence-electron chi connectivity index (χ2n) is 4.30. The van der Waals surface area contributed by atoms with Crippen LogP contribution in [-0.4, -0.2) is 16.3 Å². The van der Waals surface area contributed by atoms with Gasteiger partial charge in [0.15, 0.2) is 0 Å². The van der Waals surface area contributed by atoms with Gasteiger partial charge in [0.25, 0.3) is 0 Å². The van der Waals surface area contributed by atoms with Crippen molar-refractivity contribution in [3.8, 4) is 0 Å². The molecule has 2 aromatic rings. The van der Waals surface area contributed by atoms with Crippen LogP contribution in [0, 0.1) is 0 Å². The van der Waals surface area contributed by atoms with Crippen LogP contribution in [0.4, 0.5) is 0 Å². The fourth-order valence-corrected chi connectivity index (χ4v) is 3.20. The lowest BCUT2D eigenvalue weighted by Crippen LogP contribution is -2.13. The van der Waals surface area contributed by atoms with Gasteiger partial charge >= 0.3 is 0 Å². The number of nitrogens with one attached hydrogen (secondary N) is 1. The van der Waals surface area contributed by atoms with Crippen molar-refractivity contribution >= 4 is 26.8 Å². The van der Waals surface area contributed by atoms with Crippen molar-refractivity contribution < 1.29 is 0 Å². The van der Waals surface area contributed by atoms with Gasteiger partial charge in [0.05, 0.1) is 5.52 Å². The predicted octanol–water partition coefficient (Wildman–Crippen LogP) is 2.76. The van der Waals surface area contributed by atoms with E-state index in [1.807, 2.05) is 11.7 Å². The summed E-state index contributed by atoms with van der Waals surface area (Å²) in [6.07, 6.45) is 2.49. The summed E-state index contributed by atoms with van der Waals surface area (Å²) in [6.45, 7) is 1.12. The molecule has 1 fully saturated rings. The van der Waals surface area contributed by atoms with Gasteiger partial charge in [-0.2, -0.15) is 5.10 Å². The van der Waals surface area contributed by atoms with Gasteiger partial charge in [-0.15, -0.1) is 0 Å². The normalized spacial score (nSPS) is 20.8. The summed E-state index contributed by atoms with van der Waals surface area (Å²) in [5.74, 6) is 0. The maximum absolute atomic E-state index is 4.43. The Bertz CT molecular complexity index is 526. The Morgan fingerprint density at radius 1 is 1.50 bits per heavy atom. The second-order valence-corrected chi connectivity index (χ2v) is 5.06. The lowest BCUT2D eigenvalue weighted by atomic mass is 10.0. The molecule has 4 heteroatoms. The highest BCUT2D eigenvalue weighted by Crippen LogP contribution is 2.33. The molecule has 0 amide bonds. The van der Waals surface area contributed by atoms with E-state index in [0.29, 0.717) is 6.04 Å². The van der Waals surface area contributed by atoms with E-state index in [-0.39, 0.29) is 0 Å². The molecule has 2 heterocycles. The van der Waals surface area contributed by atoms with Gasteiger partial charge < -0.3 is 5.32 Å². The van der Waals surface area contributed by atoms with Gasteiger partial charge in [0, 0.05) is 18.5 Å². The van der Waals surface area contributed by atoms with E-state index in [1.54, 1.807) is 0 Å². The summed E-state index contributed by atoms with van der Waals surface area (Å²) in [5.41, 5.74) is 2.56. The SMILES string of the molecule is Cn1nc(Br)c2c(C3CCCN3)cccc21. The molecule has 0 bridgehead atoms. The molecule has 16 heavy (non-hydrogen) atoms. The zero-order chi connectivity index (χ0) is 11.1. The van der Waals surface area contributed by atoms with E-state index in [0.717, 1.165) is 11.1 Å². The molecule has 1 unspecified atom stereocenters. The maximum atomic E-state index is 4.43. The molecular formula is C12H14BrN3. The van der Waals surface area contributed by atoms with Crippen LogP contribution in [0.3, 0.4) is 0 Å². The third-order valence-corrected chi connectivity index (χ3v) is 3.86. The van der Waals surface area contributed by atoms with E-state index < -0.39 is 0 Å². The smallest absolute Gasteiger partial charge is 0.136 e. The molecule has 1 saturated heterocycles. The lowest BCUT2D eigenvalue weighted by molar-refractivity contribution is 0.652. The summed E-state index contributed by atoms with van der Waals surface area (Å²) >= 11 is 3.56. The highest BCUT2D eigenvalue weighted by molar-refractivity contribution is 9.10. The number of halogens is 1. The number of hydrogen-bond donors (Lipinski definition) is 1. The van der Waals surface area contributed by atoms with E-state index >= 15 is 0 Å². The Morgan fingerprint density at radius 3 is 3.12 bits per heavy atom. The molecule has 1 aromatic heterocycles. The van der Waals surface area contributed by atoms with Crippen molar-refractivity contribution in [2.75, 3.05) is 6.54 Å². The predicted molar refractivity (Wildman–Crippen MR) is 68.4 cm³/mol. The number of benzene rings is 1. The average molecular weight is 280 g/mol. The molecule has 1 aliphatic rings. The third kappa shape index (κ3) is 1.48. The Kier molecular flexibility index (Phi) is 2.48. The number of nitrogens with zero attached hydrogens (tertiary/aromatic N) is 2. The fraction of sp³-hybridized carbons (Fsp3) is 0.417. The van der Waals surface area contributed by atoms with Gasteiger partial charge in [0.1, 0.15) is 4.60 Å². The molecule has 0 aliphatic carbocycles. The minimum atomic E-state index is 0.490. The molecule has 3 rings (SSSR count). The largest absolute Gasteiger partial charge is 0.310 e. The topological polar surface area (TPSA) is 29.9 Å². The molecule has 0 saturated carbocycles. The van der Waals surface area contributed by atoms with Crippen molar-refractivity contribution in [1.29, 1.82) is 0 Å². The molecule has 3 nitrogen and oxygen atoms in total. The van der Waals surface area contributed by atoms with Gasteiger partial charge in [0.2, 0.25) is 0 Å². The minimum Gasteiger partial charge on any atom is -0.310 e. The van der Waals surface area contributed by atoms with E-state index in [2.05, 4.69) is 44.5 Å². The van der Waals surface area contributed by atoms with Crippen LogP contribution in [0.1, 0.15) is 24.4 Å². The minimum absolute atomic E-state index is 0.490. The monoisotopic (exact) mass is 279 g/mol. The van der Waals surface area contributed by atoms with Gasteiger partial charge in [-0.3, -0.25) is 4.68 Å². The van der Waals surface area contributed by atoms with Crippen LogP contribution in [0.5, 0.6) is 0 Å². The molecule has 0 radical (unpaired) electrons. The molecule has 84 valence electrons. The Labute approximate surface area is 103 Å². The zero-order valence-electron chi connectivity index (χ0n) is 9.20. The zero-order valence-corrected chi connectivity index (χ0v) is 10.8. The van der Waals surface area contributed by atoms with Crippen LogP contribution in [0.15, 0.2) is 22.8 Å². The van der Waals surface area contributed by atoms with E-state index in [4.69, 9.17) is 0 Å². The molecule has 0 spiro atoms. The van der Waals surface area contributed by atoms with Gasteiger partial charge in [-0.05, 0) is 46.9 Å². The van der Waals surface area contributed by atoms with Gasteiger partial charge in [-0.1, -0.05) is 12.1 Å². The average Bonchev–Trinajstić information content (AvgIpc) is 2.88. The highest BCUT2D eigenvalue weighted by atomic mass is 79.9. The first-order chi connectivity index (χ1) is 7.77. The highest BCUT2D eigenvalue weighted by Gasteiger charge is 2.20. The first-order valence-corrected chi connectivity index (χ1v) is 6.41. The maximum Gasteiger partial charge on any atom is 0.136 e. The molecule has 1 aliphatic heterocycles. The first-order valence-electron chi connectivity index (χ1n) is 5.62. The summed E-state index contributed by atoms with van der Waals surface area (Å²) in [5, 5.41) is 9.23. The Hall–Kier alpha value is -0.870. The first kappa shape index (κ1) is 10.3. The van der Waals surface area contributed by atoms with Crippen LogP contribution in [-0.2, 0) is 7.05 Å². The lowest BCUT2D eigenvalue weighted by Gasteiger charge is -2.11. The van der Waals surface area contributed by atoms with Crippen molar-refractivity contribution in [3.63, 3.8) is 0 Å². The van der Waals surface area contributed by atoms with Crippen molar-refractivity contribution in [3.05, 3.63) is 28.4 Å². The Balaban J connectivity index is 2.23. The van der Waals surface area contributed by atoms with Crippen LogP contribution in [0.25, 0.3) is 10.9 Å². The van der Waals surface area contributed by atoms with Crippen molar-refractivity contribution in [2.45, 2.75) is 18.9 Å². The number of aromatic nitrogens is 2. The summed E-state index contributed by atoms with van der Waals surface area (Å²) < 4.78 is 2.88. The van der Waals surface area contributed by atoms with Crippen molar-refractivity contribution in [2.24, 2.45) is 7.05 Å². The van der Waals surface area contributed by atoms with E-state index in [9.17, 15) is 0 Å². The molecule has 1 N–H and O–H groups in total.